The van der Waals surface area contributed by atoms with Crippen LogP contribution in [-0.4, -0.2) is 16.1 Å². The Hall–Kier alpha value is -1.35. The Labute approximate surface area is 121 Å². The van der Waals surface area contributed by atoms with Crippen LogP contribution < -0.4 is 5.32 Å². The molecule has 1 aromatic carbocycles. The molecule has 2 heterocycles. The zero-order valence-corrected chi connectivity index (χ0v) is 12.8. The second-order valence-electron chi connectivity index (χ2n) is 6.17. The predicted octanol–water partition coefficient (Wildman–Crippen LogP) is 3.82. The topological polar surface area (TPSA) is 29.9 Å². The molecular formula is C17H25N3. The second-order valence-corrected chi connectivity index (χ2v) is 6.17. The number of fused-ring (bicyclic) bond motifs is 1. The first-order valence-corrected chi connectivity index (χ1v) is 7.91. The van der Waals surface area contributed by atoms with Crippen LogP contribution in [0.3, 0.4) is 0 Å². The van der Waals surface area contributed by atoms with Gasteiger partial charge in [0.2, 0.25) is 0 Å². The van der Waals surface area contributed by atoms with Crippen LogP contribution in [0.4, 0.5) is 0 Å². The number of hydrogen-bond donors (Lipinski definition) is 1. The van der Waals surface area contributed by atoms with Gasteiger partial charge < -0.3 is 9.88 Å². The van der Waals surface area contributed by atoms with Gasteiger partial charge in [-0.3, -0.25) is 0 Å². The van der Waals surface area contributed by atoms with E-state index in [0.717, 1.165) is 25.0 Å². The first-order chi connectivity index (χ1) is 9.70. The largest absolute Gasteiger partial charge is 0.327 e. The minimum atomic E-state index is 0.406. The molecule has 1 aliphatic heterocycles. The van der Waals surface area contributed by atoms with Crippen LogP contribution in [0.25, 0.3) is 11.0 Å². The molecule has 2 unspecified atom stereocenters. The molecule has 1 aromatic heterocycles. The number of hydrogen-bond acceptors (Lipinski definition) is 2. The third kappa shape index (κ3) is 2.35. The summed E-state index contributed by atoms with van der Waals surface area (Å²) in [6.45, 7) is 8.89. The summed E-state index contributed by atoms with van der Waals surface area (Å²) in [5.41, 5.74) is 3.72. The maximum atomic E-state index is 4.97. The summed E-state index contributed by atoms with van der Waals surface area (Å²) in [5, 5.41) is 3.68. The first kappa shape index (κ1) is 13.6. The van der Waals surface area contributed by atoms with Gasteiger partial charge in [-0.1, -0.05) is 19.9 Å². The van der Waals surface area contributed by atoms with Crippen molar-refractivity contribution in [3.63, 3.8) is 0 Å². The second kappa shape index (κ2) is 5.57. The Morgan fingerprint density at radius 3 is 3.00 bits per heavy atom. The number of imidazole rings is 1. The van der Waals surface area contributed by atoms with E-state index in [1.54, 1.807) is 0 Å². The summed E-state index contributed by atoms with van der Waals surface area (Å²) in [5.74, 6) is 1.90. The van der Waals surface area contributed by atoms with Crippen molar-refractivity contribution < 1.29 is 0 Å². The van der Waals surface area contributed by atoms with E-state index in [1.165, 1.54) is 29.7 Å². The van der Waals surface area contributed by atoms with Crippen LogP contribution in [0.5, 0.6) is 0 Å². The molecule has 0 saturated carbocycles. The Kier molecular flexibility index (Phi) is 3.79. The molecule has 0 radical (unpaired) electrons. The summed E-state index contributed by atoms with van der Waals surface area (Å²) in [6.07, 6.45) is 3.73. The smallest absolute Gasteiger partial charge is 0.127 e. The van der Waals surface area contributed by atoms with Gasteiger partial charge in [-0.2, -0.15) is 0 Å². The summed E-state index contributed by atoms with van der Waals surface area (Å²) in [4.78, 5) is 4.97. The van der Waals surface area contributed by atoms with Crippen molar-refractivity contribution in [3.05, 3.63) is 29.6 Å². The average Bonchev–Trinajstić information content (AvgIpc) is 2.77. The summed E-state index contributed by atoms with van der Waals surface area (Å²) >= 11 is 0. The molecule has 2 aromatic rings. The third-order valence-electron chi connectivity index (χ3n) is 4.43. The van der Waals surface area contributed by atoms with Gasteiger partial charge in [0.15, 0.2) is 0 Å². The van der Waals surface area contributed by atoms with Crippen LogP contribution >= 0.6 is 0 Å². The Morgan fingerprint density at radius 2 is 2.25 bits per heavy atom. The molecule has 1 N–H and O–H groups in total. The lowest BCUT2D eigenvalue weighted by Crippen LogP contribution is -2.34. The van der Waals surface area contributed by atoms with E-state index in [9.17, 15) is 0 Å². The van der Waals surface area contributed by atoms with E-state index in [1.807, 2.05) is 0 Å². The standard InChI is InChI=1S/C17H25N3/c1-4-10-20-15-8-7-12(2)11-14(15)19-17(20)16-13(3)6-5-9-18-16/h7-8,11,13,16,18H,4-6,9-10H2,1-3H3. The molecule has 20 heavy (non-hydrogen) atoms. The van der Waals surface area contributed by atoms with Crippen LogP contribution in [0, 0.1) is 12.8 Å². The van der Waals surface area contributed by atoms with Gasteiger partial charge in [-0.25, -0.2) is 4.98 Å². The number of benzene rings is 1. The molecular weight excluding hydrogens is 246 g/mol. The number of piperidine rings is 1. The number of aromatic nitrogens is 2. The van der Waals surface area contributed by atoms with Crippen molar-refractivity contribution in [3.8, 4) is 0 Å². The molecule has 3 heteroatoms. The quantitative estimate of drug-likeness (QED) is 0.920. The van der Waals surface area contributed by atoms with Crippen molar-refractivity contribution in [1.29, 1.82) is 0 Å². The number of rotatable bonds is 3. The van der Waals surface area contributed by atoms with Crippen LogP contribution in [0.1, 0.15) is 50.5 Å². The lowest BCUT2D eigenvalue weighted by atomic mass is 9.92. The maximum absolute atomic E-state index is 4.97. The lowest BCUT2D eigenvalue weighted by molar-refractivity contribution is 0.288. The van der Waals surface area contributed by atoms with Crippen LogP contribution in [-0.2, 0) is 6.54 Å². The van der Waals surface area contributed by atoms with Gasteiger partial charge in [0.1, 0.15) is 5.82 Å². The molecule has 0 bridgehead atoms. The van der Waals surface area contributed by atoms with Gasteiger partial charge in [-0.05, 0) is 56.3 Å². The zero-order valence-electron chi connectivity index (χ0n) is 12.8. The third-order valence-corrected chi connectivity index (χ3v) is 4.43. The Morgan fingerprint density at radius 1 is 1.40 bits per heavy atom. The highest BCUT2D eigenvalue weighted by Crippen LogP contribution is 2.31. The number of aryl methyl sites for hydroxylation is 2. The summed E-state index contributed by atoms with van der Waals surface area (Å²) < 4.78 is 2.42. The highest BCUT2D eigenvalue weighted by Gasteiger charge is 2.27. The fourth-order valence-corrected chi connectivity index (χ4v) is 3.35. The molecule has 0 spiro atoms. The number of nitrogens with zero attached hydrogens (tertiary/aromatic N) is 2. The van der Waals surface area contributed by atoms with Gasteiger partial charge in [0, 0.05) is 6.54 Å². The zero-order chi connectivity index (χ0) is 14.1. The van der Waals surface area contributed by atoms with Gasteiger partial charge in [-0.15, -0.1) is 0 Å². The van der Waals surface area contributed by atoms with E-state index < -0.39 is 0 Å². The fraction of sp³-hybridized carbons (Fsp3) is 0.588. The van der Waals surface area contributed by atoms with Crippen molar-refractivity contribution in [2.24, 2.45) is 5.92 Å². The predicted molar refractivity (Wildman–Crippen MR) is 83.9 cm³/mol. The van der Waals surface area contributed by atoms with Gasteiger partial charge in [0.05, 0.1) is 17.1 Å². The van der Waals surface area contributed by atoms with E-state index in [2.05, 4.69) is 48.9 Å². The lowest BCUT2D eigenvalue weighted by Gasteiger charge is -2.30. The van der Waals surface area contributed by atoms with Crippen LogP contribution in [0.15, 0.2) is 18.2 Å². The van der Waals surface area contributed by atoms with Crippen molar-refractivity contribution in [2.75, 3.05) is 6.54 Å². The van der Waals surface area contributed by atoms with Crippen molar-refractivity contribution in [1.82, 2.24) is 14.9 Å². The fourth-order valence-electron chi connectivity index (χ4n) is 3.35. The van der Waals surface area contributed by atoms with Crippen molar-refractivity contribution in [2.45, 2.75) is 52.6 Å². The first-order valence-electron chi connectivity index (χ1n) is 7.91. The molecule has 3 rings (SSSR count). The minimum absolute atomic E-state index is 0.406. The van der Waals surface area contributed by atoms with Crippen molar-refractivity contribution >= 4 is 11.0 Å². The molecule has 0 amide bonds. The van der Waals surface area contributed by atoms with E-state index in [-0.39, 0.29) is 0 Å². The minimum Gasteiger partial charge on any atom is -0.327 e. The summed E-state index contributed by atoms with van der Waals surface area (Å²) in [7, 11) is 0. The highest BCUT2D eigenvalue weighted by molar-refractivity contribution is 5.77. The normalized spacial score (nSPS) is 23.4. The SMILES string of the molecule is CCCn1c(C2NCCCC2C)nc2cc(C)ccc21. The van der Waals surface area contributed by atoms with Gasteiger partial charge >= 0.3 is 0 Å². The molecule has 2 atom stereocenters. The average molecular weight is 271 g/mol. The van der Waals surface area contributed by atoms with E-state index >= 15 is 0 Å². The summed E-state index contributed by atoms with van der Waals surface area (Å²) in [6, 6.07) is 7.03. The van der Waals surface area contributed by atoms with E-state index in [4.69, 9.17) is 4.98 Å². The van der Waals surface area contributed by atoms with Crippen LogP contribution in [0.2, 0.25) is 0 Å². The molecule has 3 nitrogen and oxygen atoms in total. The molecule has 0 aliphatic carbocycles. The molecule has 1 fully saturated rings. The monoisotopic (exact) mass is 271 g/mol. The number of nitrogens with one attached hydrogen (secondary N) is 1. The Bertz CT molecular complexity index is 600. The molecule has 108 valence electrons. The maximum Gasteiger partial charge on any atom is 0.127 e. The Balaban J connectivity index is 2.10. The molecule has 1 aliphatic rings. The van der Waals surface area contributed by atoms with E-state index in [0.29, 0.717) is 12.0 Å². The highest BCUT2D eigenvalue weighted by atomic mass is 15.1. The van der Waals surface area contributed by atoms with Gasteiger partial charge in [0.25, 0.3) is 0 Å². The molecule has 1 saturated heterocycles.